The van der Waals surface area contributed by atoms with Crippen molar-refractivity contribution < 1.29 is 28.9 Å². The summed E-state index contributed by atoms with van der Waals surface area (Å²) in [4.78, 5) is 22.7. The van der Waals surface area contributed by atoms with Crippen LogP contribution < -0.4 is 20.1 Å². The smallest absolute Gasteiger partial charge is 0.313 e. The van der Waals surface area contributed by atoms with Crippen molar-refractivity contribution in [2.24, 2.45) is 0 Å². The minimum Gasteiger partial charge on any atom is -0.495 e. The monoisotopic (exact) mass is 428 g/mol. The summed E-state index contributed by atoms with van der Waals surface area (Å²) in [5.74, 6) is -0.0840. The van der Waals surface area contributed by atoms with Crippen LogP contribution in [0.3, 0.4) is 0 Å². The fraction of sp³-hybridized carbons (Fsp3) is 0.391. The molecule has 2 unspecified atom stereocenters. The Morgan fingerprint density at radius 3 is 1.77 bits per heavy atom. The standard InChI is InChI=1S/C12H15NO3.C11H13NO3/c1-15-10-5-3-4-8-9(12(14)16-2)6-7-13-11(8)10;1-15-9-4-2-3-7-8(11(13)14)5-6-12-10(7)9/h3-5,9,13H,6-7H2,1-2H3;2-4,8,12H,5-6H2,1H3,(H,13,14). The number of aliphatic carboxylic acids is 1. The predicted molar refractivity (Wildman–Crippen MR) is 117 cm³/mol. The van der Waals surface area contributed by atoms with Crippen molar-refractivity contribution in [3.8, 4) is 11.5 Å². The molecular formula is C23H28N2O6. The van der Waals surface area contributed by atoms with Crippen molar-refractivity contribution in [2.75, 3.05) is 45.1 Å². The Kier molecular flexibility index (Phi) is 7.23. The van der Waals surface area contributed by atoms with Crippen molar-refractivity contribution in [3.63, 3.8) is 0 Å². The largest absolute Gasteiger partial charge is 0.495 e. The Morgan fingerprint density at radius 1 is 0.839 bits per heavy atom. The number of para-hydroxylation sites is 2. The molecule has 8 heteroatoms. The Balaban J connectivity index is 0.000000176. The van der Waals surface area contributed by atoms with E-state index in [0.29, 0.717) is 18.7 Å². The normalized spacial score (nSPS) is 18.5. The molecule has 166 valence electrons. The first-order chi connectivity index (χ1) is 15.0. The van der Waals surface area contributed by atoms with Gasteiger partial charge in [-0.2, -0.15) is 0 Å². The average Bonchev–Trinajstić information content (AvgIpc) is 2.82. The molecule has 2 aromatic carbocycles. The zero-order chi connectivity index (χ0) is 22.4. The fourth-order valence-electron chi connectivity index (χ4n) is 4.03. The van der Waals surface area contributed by atoms with Gasteiger partial charge < -0.3 is 30.0 Å². The van der Waals surface area contributed by atoms with E-state index >= 15 is 0 Å². The number of carboxylic acids is 1. The van der Waals surface area contributed by atoms with Crippen molar-refractivity contribution >= 4 is 23.3 Å². The summed E-state index contributed by atoms with van der Waals surface area (Å²) in [6.45, 7) is 1.43. The zero-order valence-corrected chi connectivity index (χ0v) is 17.9. The second kappa shape index (κ2) is 10.1. The van der Waals surface area contributed by atoms with E-state index in [9.17, 15) is 9.59 Å². The van der Waals surface area contributed by atoms with Gasteiger partial charge in [-0.3, -0.25) is 9.59 Å². The predicted octanol–water partition coefficient (Wildman–Crippen LogP) is 3.45. The summed E-state index contributed by atoms with van der Waals surface area (Å²) in [6, 6.07) is 11.2. The number of fused-ring (bicyclic) bond motifs is 2. The van der Waals surface area contributed by atoms with Crippen molar-refractivity contribution in [1.82, 2.24) is 0 Å². The van der Waals surface area contributed by atoms with E-state index in [0.717, 1.165) is 41.2 Å². The number of methoxy groups -OCH3 is 3. The van der Waals surface area contributed by atoms with Crippen molar-refractivity contribution in [3.05, 3.63) is 47.5 Å². The molecule has 2 atom stereocenters. The molecule has 0 aliphatic carbocycles. The van der Waals surface area contributed by atoms with Gasteiger partial charge in [-0.1, -0.05) is 24.3 Å². The first kappa shape index (κ1) is 22.3. The van der Waals surface area contributed by atoms with Crippen LogP contribution in [-0.4, -0.2) is 51.5 Å². The van der Waals surface area contributed by atoms with Gasteiger partial charge in [-0.25, -0.2) is 0 Å². The summed E-state index contributed by atoms with van der Waals surface area (Å²) in [6.07, 6.45) is 1.38. The molecule has 8 nitrogen and oxygen atoms in total. The summed E-state index contributed by atoms with van der Waals surface area (Å²) < 4.78 is 15.3. The number of carbonyl (C=O) groups excluding carboxylic acids is 1. The third-order valence-electron chi connectivity index (χ3n) is 5.56. The highest BCUT2D eigenvalue weighted by molar-refractivity contribution is 5.83. The minimum atomic E-state index is -0.772. The van der Waals surface area contributed by atoms with Gasteiger partial charge in [0.05, 0.1) is 44.5 Å². The van der Waals surface area contributed by atoms with Crippen LogP contribution in [0, 0.1) is 0 Å². The molecule has 0 fully saturated rings. The molecule has 0 spiro atoms. The molecule has 31 heavy (non-hydrogen) atoms. The number of carbonyl (C=O) groups is 2. The number of rotatable bonds is 4. The lowest BCUT2D eigenvalue weighted by molar-refractivity contribution is -0.142. The first-order valence-corrected chi connectivity index (χ1v) is 10.1. The van der Waals surface area contributed by atoms with Gasteiger partial charge in [0.2, 0.25) is 0 Å². The molecule has 0 amide bonds. The molecule has 2 aromatic rings. The maximum Gasteiger partial charge on any atom is 0.313 e. The van der Waals surface area contributed by atoms with E-state index in [-0.39, 0.29) is 11.9 Å². The first-order valence-electron chi connectivity index (χ1n) is 10.1. The van der Waals surface area contributed by atoms with Crippen LogP contribution in [0.4, 0.5) is 11.4 Å². The molecule has 0 bridgehead atoms. The average molecular weight is 428 g/mol. The number of hydrogen-bond donors (Lipinski definition) is 3. The van der Waals surface area contributed by atoms with Crippen molar-refractivity contribution in [2.45, 2.75) is 24.7 Å². The second-order valence-electron chi connectivity index (χ2n) is 7.25. The van der Waals surface area contributed by atoms with E-state index in [4.69, 9.17) is 19.3 Å². The fourth-order valence-corrected chi connectivity index (χ4v) is 4.03. The van der Waals surface area contributed by atoms with Gasteiger partial charge in [0.25, 0.3) is 0 Å². The van der Waals surface area contributed by atoms with Crippen molar-refractivity contribution in [1.29, 1.82) is 0 Å². The van der Waals surface area contributed by atoms with E-state index in [2.05, 4.69) is 10.6 Å². The number of esters is 1. The molecule has 2 heterocycles. The Labute approximate surface area is 181 Å². The molecule has 0 radical (unpaired) electrons. The molecule has 4 rings (SSSR count). The maximum absolute atomic E-state index is 11.6. The minimum absolute atomic E-state index is 0.184. The third-order valence-corrected chi connectivity index (χ3v) is 5.56. The molecule has 0 saturated heterocycles. The Morgan fingerprint density at radius 2 is 1.32 bits per heavy atom. The van der Waals surface area contributed by atoms with Crippen LogP contribution in [0.25, 0.3) is 0 Å². The van der Waals surface area contributed by atoms with Gasteiger partial charge in [0.1, 0.15) is 11.5 Å². The summed E-state index contributed by atoms with van der Waals surface area (Å²) in [5, 5.41) is 15.5. The molecule has 0 saturated carbocycles. The van der Waals surface area contributed by atoms with Crippen LogP contribution >= 0.6 is 0 Å². The third kappa shape index (κ3) is 4.68. The molecular weight excluding hydrogens is 400 g/mol. The van der Waals surface area contributed by atoms with Gasteiger partial charge in [0, 0.05) is 13.1 Å². The molecule has 2 aliphatic heterocycles. The van der Waals surface area contributed by atoms with Gasteiger partial charge >= 0.3 is 11.9 Å². The maximum atomic E-state index is 11.6. The lowest BCUT2D eigenvalue weighted by Crippen LogP contribution is -2.24. The lowest BCUT2D eigenvalue weighted by atomic mass is 9.91. The SMILES string of the molecule is COC(=O)C1CCNc2c(OC)cccc21.COc1cccc2c1NCCC2C(=O)O. The van der Waals surface area contributed by atoms with E-state index in [1.807, 2.05) is 36.4 Å². The van der Waals surface area contributed by atoms with Crippen LogP contribution in [0.2, 0.25) is 0 Å². The van der Waals surface area contributed by atoms with Gasteiger partial charge in [-0.05, 0) is 36.1 Å². The van der Waals surface area contributed by atoms with Gasteiger partial charge in [0.15, 0.2) is 0 Å². The highest BCUT2D eigenvalue weighted by atomic mass is 16.5. The van der Waals surface area contributed by atoms with Crippen LogP contribution in [-0.2, 0) is 14.3 Å². The van der Waals surface area contributed by atoms with Crippen LogP contribution in [0.5, 0.6) is 11.5 Å². The number of ether oxygens (including phenoxy) is 3. The topological polar surface area (TPSA) is 106 Å². The second-order valence-corrected chi connectivity index (χ2v) is 7.25. The quantitative estimate of drug-likeness (QED) is 0.636. The van der Waals surface area contributed by atoms with Gasteiger partial charge in [-0.15, -0.1) is 0 Å². The van der Waals surface area contributed by atoms with Crippen LogP contribution in [0.15, 0.2) is 36.4 Å². The van der Waals surface area contributed by atoms with E-state index < -0.39 is 11.9 Å². The summed E-state index contributed by atoms with van der Waals surface area (Å²) >= 11 is 0. The van der Waals surface area contributed by atoms with E-state index in [1.54, 1.807) is 14.2 Å². The molecule has 3 N–H and O–H groups in total. The van der Waals surface area contributed by atoms with E-state index in [1.165, 1.54) is 7.11 Å². The highest BCUT2D eigenvalue weighted by Crippen LogP contribution is 2.39. The van der Waals surface area contributed by atoms with Crippen LogP contribution in [0.1, 0.15) is 35.8 Å². The number of nitrogens with one attached hydrogen (secondary N) is 2. The summed E-state index contributed by atoms with van der Waals surface area (Å²) in [5.41, 5.74) is 3.50. The lowest BCUT2D eigenvalue weighted by Gasteiger charge is -2.26. The Bertz CT molecular complexity index is 946. The number of anilines is 2. The summed E-state index contributed by atoms with van der Waals surface area (Å²) in [7, 11) is 4.63. The number of benzene rings is 2. The number of carboxylic acid groups (broad SMARTS) is 1. The highest BCUT2D eigenvalue weighted by Gasteiger charge is 2.29. The molecule has 2 aliphatic rings. The molecule has 0 aromatic heterocycles. The zero-order valence-electron chi connectivity index (χ0n) is 17.9. The number of hydrogen-bond acceptors (Lipinski definition) is 7. The Hall–Kier alpha value is -3.42.